The number of hydrogen-bond acceptors (Lipinski definition) is 4. The molecule has 150 valence electrons. The van der Waals surface area contributed by atoms with E-state index in [4.69, 9.17) is 4.52 Å². The first-order valence-corrected chi connectivity index (χ1v) is 9.75. The molecule has 1 aliphatic heterocycles. The second-order valence-corrected chi connectivity index (χ2v) is 7.35. The monoisotopic (exact) mass is 403 g/mol. The molecule has 6 nitrogen and oxygen atoms in total. The minimum atomic E-state index is -0.329. The molecule has 0 saturated carbocycles. The van der Waals surface area contributed by atoms with E-state index in [0.29, 0.717) is 34.8 Å². The lowest BCUT2D eigenvalue weighted by Gasteiger charge is -2.06. The number of nitrogens with one attached hydrogen (secondary N) is 1. The number of ketones is 1. The predicted octanol–water partition coefficient (Wildman–Crippen LogP) is 3.99. The third-order valence-electron chi connectivity index (χ3n) is 5.33. The Balaban J connectivity index is 1.41. The number of carbonyl (C=O) groups is 2. The Morgan fingerprint density at radius 2 is 1.97 bits per heavy atom. The van der Waals surface area contributed by atoms with Gasteiger partial charge < -0.3 is 14.4 Å². The molecule has 0 fully saturated rings. The fourth-order valence-electron chi connectivity index (χ4n) is 3.80. The molecule has 1 aliphatic rings. The standard InChI is InChI=1S/C23H18FN3O3/c24-17-6-4-14(5-7-17)22-13-18(26-30-22)12-21(28)16-3-2-15-10-20-23(29)25-8-1-9-27(20)19(15)11-16/h2-7,10-11,13H,1,8-9,12H2,(H,25,29). The number of amides is 1. The molecule has 30 heavy (non-hydrogen) atoms. The second kappa shape index (κ2) is 7.26. The number of carbonyl (C=O) groups excluding carboxylic acids is 2. The summed E-state index contributed by atoms with van der Waals surface area (Å²) in [6.45, 7) is 1.36. The third-order valence-corrected chi connectivity index (χ3v) is 5.33. The second-order valence-electron chi connectivity index (χ2n) is 7.35. The van der Waals surface area contributed by atoms with Crippen LogP contribution in [0.15, 0.2) is 59.1 Å². The topological polar surface area (TPSA) is 77.1 Å². The van der Waals surface area contributed by atoms with Gasteiger partial charge in [-0.05, 0) is 42.8 Å². The number of Topliss-reactive ketones (excluding diaryl/α,β-unsaturated/α-hetero) is 1. The van der Waals surface area contributed by atoms with Gasteiger partial charge in [-0.3, -0.25) is 9.59 Å². The summed E-state index contributed by atoms with van der Waals surface area (Å²) in [6.07, 6.45) is 0.927. The molecule has 0 radical (unpaired) electrons. The minimum Gasteiger partial charge on any atom is -0.356 e. The number of aromatic nitrogens is 2. The van der Waals surface area contributed by atoms with Crippen LogP contribution in [0.1, 0.15) is 33.0 Å². The van der Waals surface area contributed by atoms with Crippen LogP contribution in [0.5, 0.6) is 0 Å². The third kappa shape index (κ3) is 3.28. The predicted molar refractivity (Wildman–Crippen MR) is 109 cm³/mol. The normalized spacial score (nSPS) is 13.7. The first-order valence-electron chi connectivity index (χ1n) is 9.75. The number of halogens is 1. The van der Waals surface area contributed by atoms with Gasteiger partial charge in [0.25, 0.3) is 5.91 Å². The van der Waals surface area contributed by atoms with Crippen LogP contribution in [0.4, 0.5) is 4.39 Å². The maximum absolute atomic E-state index is 13.1. The molecule has 0 atom stereocenters. The lowest BCUT2D eigenvalue weighted by molar-refractivity contribution is 0.0950. The van der Waals surface area contributed by atoms with Crippen molar-refractivity contribution < 1.29 is 18.5 Å². The van der Waals surface area contributed by atoms with Crippen LogP contribution in [-0.2, 0) is 13.0 Å². The fraction of sp³-hybridized carbons (Fsp3) is 0.174. The van der Waals surface area contributed by atoms with E-state index in [2.05, 4.69) is 10.5 Å². The van der Waals surface area contributed by atoms with Crippen LogP contribution in [0.25, 0.3) is 22.2 Å². The highest BCUT2D eigenvalue weighted by Gasteiger charge is 2.19. The molecule has 0 aliphatic carbocycles. The molecule has 0 spiro atoms. The summed E-state index contributed by atoms with van der Waals surface area (Å²) >= 11 is 0. The van der Waals surface area contributed by atoms with Gasteiger partial charge in [0, 0.05) is 41.2 Å². The summed E-state index contributed by atoms with van der Waals surface area (Å²) in [6, 6.07) is 14.9. The van der Waals surface area contributed by atoms with E-state index in [1.165, 1.54) is 12.1 Å². The molecule has 4 aromatic rings. The van der Waals surface area contributed by atoms with Crippen LogP contribution in [-0.4, -0.2) is 28.0 Å². The van der Waals surface area contributed by atoms with Crippen molar-refractivity contribution in [3.63, 3.8) is 0 Å². The van der Waals surface area contributed by atoms with Crippen LogP contribution >= 0.6 is 0 Å². The molecule has 2 aromatic carbocycles. The van der Waals surface area contributed by atoms with E-state index in [9.17, 15) is 14.0 Å². The van der Waals surface area contributed by atoms with Crippen molar-refractivity contribution >= 4 is 22.6 Å². The van der Waals surface area contributed by atoms with Gasteiger partial charge in [-0.15, -0.1) is 0 Å². The van der Waals surface area contributed by atoms with Crippen molar-refractivity contribution in [3.8, 4) is 11.3 Å². The maximum Gasteiger partial charge on any atom is 0.267 e. The lowest BCUT2D eigenvalue weighted by atomic mass is 10.0. The number of hydrogen-bond donors (Lipinski definition) is 1. The van der Waals surface area contributed by atoms with Crippen LogP contribution in [0, 0.1) is 5.82 Å². The molecule has 7 heteroatoms. The number of aryl methyl sites for hydroxylation is 1. The quantitative estimate of drug-likeness (QED) is 0.523. The molecular weight excluding hydrogens is 385 g/mol. The van der Waals surface area contributed by atoms with E-state index in [-0.39, 0.29) is 23.9 Å². The van der Waals surface area contributed by atoms with E-state index >= 15 is 0 Å². The van der Waals surface area contributed by atoms with E-state index in [1.807, 2.05) is 22.8 Å². The van der Waals surface area contributed by atoms with Crippen molar-refractivity contribution in [2.45, 2.75) is 19.4 Å². The molecule has 0 unspecified atom stereocenters. The molecule has 1 N–H and O–H groups in total. The van der Waals surface area contributed by atoms with E-state index in [0.717, 1.165) is 23.9 Å². The molecule has 0 saturated heterocycles. The van der Waals surface area contributed by atoms with E-state index < -0.39 is 0 Å². The Hall–Kier alpha value is -3.74. The largest absolute Gasteiger partial charge is 0.356 e. The van der Waals surface area contributed by atoms with Gasteiger partial charge in [0.2, 0.25) is 0 Å². The SMILES string of the molecule is O=C(Cc1cc(-c2ccc(F)cc2)on1)c1ccc2cc3n(c2c1)CCCNC3=O. The molecular formula is C23H18FN3O3. The Morgan fingerprint density at radius 3 is 2.80 bits per heavy atom. The number of fused-ring (bicyclic) bond motifs is 3. The molecule has 5 rings (SSSR count). The zero-order valence-corrected chi connectivity index (χ0v) is 16.0. The first kappa shape index (κ1) is 18.3. The van der Waals surface area contributed by atoms with Crippen LogP contribution in [0.2, 0.25) is 0 Å². The van der Waals surface area contributed by atoms with Gasteiger partial charge in [-0.25, -0.2) is 4.39 Å². The van der Waals surface area contributed by atoms with Crippen LogP contribution < -0.4 is 5.32 Å². The lowest BCUT2D eigenvalue weighted by Crippen LogP contribution is -2.22. The van der Waals surface area contributed by atoms with Gasteiger partial charge in [0.05, 0.1) is 12.1 Å². The Labute approximate surface area is 171 Å². The fourth-order valence-corrected chi connectivity index (χ4v) is 3.80. The summed E-state index contributed by atoms with van der Waals surface area (Å²) in [5.74, 6) is -0.0297. The molecule has 1 amide bonds. The van der Waals surface area contributed by atoms with Gasteiger partial charge in [-0.2, -0.15) is 0 Å². The van der Waals surface area contributed by atoms with Crippen LogP contribution in [0.3, 0.4) is 0 Å². The zero-order valence-electron chi connectivity index (χ0n) is 16.0. The van der Waals surface area contributed by atoms with Crippen molar-refractivity contribution in [2.24, 2.45) is 0 Å². The average molecular weight is 403 g/mol. The highest BCUT2D eigenvalue weighted by atomic mass is 19.1. The summed E-state index contributed by atoms with van der Waals surface area (Å²) in [5.41, 5.74) is 3.25. The maximum atomic E-state index is 13.1. The summed E-state index contributed by atoms with van der Waals surface area (Å²) in [7, 11) is 0. The number of benzene rings is 2. The first-order chi connectivity index (χ1) is 14.6. The smallest absolute Gasteiger partial charge is 0.267 e. The van der Waals surface area contributed by atoms with Gasteiger partial charge >= 0.3 is 0 Å². The summed E-state index contributed by atoms with van der Waals surface area (Å²) < 4.78 is 20.4. The average Bonchev–Trinajstić information content (AvgIpc) is 3.31. The van der Waals surface area contributed by atoms with Gasteiger partial charge in [0.15, 0.2) is 11.5 Å². The Kier molecular flexibility index (Phi) is 4.43. The summed E-state index contributed by atoms with van der Waals surface area (Å²) in [4.78, 5) is 25.1. The number of rotatable bonds is 4. The van der Waals surface area contributed by atoms with Crippen molar-refractivity contribution in [3.05, 3.63) is 77.4 Å². The summed E-state index contributed by atoms with van der Waals surface area (Å²) in [5, 5.41) is 7.79. The molecule has 3 heterocycles. The highest BCUT2D eigenvalue weighted by Crippen LogP contribution is 2.25. The number of nitrogens with zero attached hydrogens (tertiary/aromatic N) is 2. The van der Waals surface area contributed by atoms with Crippen molar-refractivity contribution in [1.29, 1.82) is 0 Å². The molecule has 2 aromatic heterocycles. The van der Waals surface area contributed by atoms with Crippen molar-refractivity contribution in [2.75, 3.05) is 6.54 Å². The highest BCUT2D eigenvalue weighted by molar-refractivity contribution is 6.03. The Bertz CT molecular complexity index is 1270. The van der Waals surface area contributed by atoms with E-state index in [1.54, 1.807) is 24.3 Å². The van der Waals surface area contributed by atoms with Gasteiger partial charge in [-0.1, -0.05) is 17.3 Å². The van der Waals surface area contributed by atoms with Crippen molar-refractivity contribution in [1.82, 2.24) is 15.0 Å². The minimum absolute atomic E-state index is 0.0876. The Morgan fingerprint density at radius 1 is 1.13 bits per heavy atom. The zero-order chi connectivity index (χ0) is 20.7. The van der Waals surface area contributed by atoms with Gasteiger partial charge in [0.1, 0.15) is 11.5 Å². The molecule has 0 bridgehead atoms.